The Labute approximate surface area is 167 Å². The first-order valence-corrected chi connectivity index (χ1v) is 8.67. The minimum atomic E-state index is -0.883. The van der Waals surface area contributed by atoms with Gasteiger partial charge in [-0.3, -0.25) is 4.79 Å². The zero-order valence-corrected chi connectivity index (χ0v) is 15.6. The van der Waals surface area contributed by atoms with E-state index in [2.05, 4.69) is 10.5 Å². The van der Waals surface area contributed by atoms with Crippen LogP contribution in [-0.4, -0.2) is 25.4 Å². The van der Waals surface area contributed by atoms with Crippen LogP contribution in [0.3, 0.4) is 0 Å². The quantitative estimate of drug-likeness (QED) is 0.297. The van der Waals surface area contributed by atoms with Crippen LogP contribution >= 0.6 is 0 Å². The molecule has 0 aromatic heterocycles. The van der Waals surface area contributed by atoms with Crippen molar-refractivity contribution < 1.29 is 23.8 Å². The van der Waals surface area contributed by atoms with Gasteiger partial charge in [0.2, 0.25) is 0 Å². The Morgan fingerprint density at radius 3 is 2.24 bits per heavy atom. The fourth-order valence-electron chi connectivity index (χ4n) is 2.36. The molecule has 0 saturated carbocycles. The Morgan fingerprint density at radius 1 is 0.862 bits per heavy atom. The summed E-state index contributed by atoms with van der Waals surface area (Å²) >= 11 is 0. The van der Waals surface area contributed by atoms with Gasteiger partial charge in [0, 0.05) is 5.56 Å². The monoisotopic (exact) mass is 390 g/mol. The molecule has 1 N–H and O–H groups in total. The third-order valence-corrected chi connectivity index (χ3v) is 3.74. The van der Waals surface area contributed by atoms with Gasteiger partial charge in [-0.2, -0.15) is 5.10 Å². The van der Waals surface area contributed by atoms with E-state index < -0.39 is 6.16 Å². The van der Waals surface area contributed by atoms with E-state index in [9.17, 15) is 9.59 Å². The van der Waals surface area contributed by atoms with Crippen molar-refractivity contribution in [1.29, 1.82) is 0 Å². The highest BCUT2D eigenvalue weighted by atomic mass is 16.7. The van der Waals surface area contributed by atoms with Crippen LogP contribution in [0.4, 0.5) is 4.79 Å². The summed E-state index contributed by atoms with van der Waals surface area (Å²) in [5, 5.41) is 3.93. The first-order valence-electron chi connectivity index (χ1n) is 8.67. The van der Waals surface area contributed by atoms with Gasteiger partial charge in [0.25, 0.3) is 5.91 Å². The number of hydrogen-bond donors (Lipinski definition) is 1. The lowest BCUT2D eigenvalue weighted by Crippen LogP contribution is -2.17. The number of rotatable bonds is 6. The highest BCUT2D eigenvalue weighted by Gasteiger charge is 2.12. The third kappa shape index (κ3) is 5.67. The molecule has 0 heterocycles. The molecule has 0 saturated heterocycles. The summed E-state index contributed by atoms with van der Waals surface area (Å²) in [6, 6.07) is 22.1. The first-order chi connectivity index (χ1) is 14.2. The highest BCUT2D eigenvalue weighted by molar-refractivity contribution is 5.94. The Kier molecular flexibility index (Phi) is 6.57. The number of carbonyl (C=O) groups is 2. The molecule has 0 atom stereocenters. The summed E-state index contributed by atoms with van der Waals surface area (Å²) < 4.78 is 15.5. The molecule has 0 aliphatic heterocycles. The van der Waals surface area contributed by atoms with E-state index >= 15 is 0 Å². The van der Waals surface area contributed by atoms with E-state index in [0.29, 0.717) is 22.6 Å². The molecule has 7 nitrogen and oxygen atoms in total. The van der Waals surface area contributed by atoms with Crippen molar-refractivity contribution in [2.45, 2.75) is 0 Å². The van der Waals surface area contributed by atoms with Gasteiger partial charge in [-0.05, 0) is 48.0 Å². The van der Waals surface area contributed by atoms with E-state index in [4.69, 9.17) is 14.2 Å². The lowest BCUT2D eigenvalue weighted by atomic mass is 10.2. The van der Waals surface area contributed by atoms with Crippen molar-refractivity contribution in [3.05, 3.63) is 90.0 Å². The fourth-order valence-corrected chi connectivity index (χ4v) is 2.36. The molecule has 3 aromatic rings. The molecule has 7 heteroatoms. The zero-order chi connectivity index (χ0) is 20.5. The molecule has 29 heavy (non-hydrogen) atoms. The zero-order valence-electron chi connectivity index (χ0n) is 15.6. The van der Waals surface area contributed by atoms with Crippen LogP contribution in [0.5, 0.6) is 17.2 Å². The Hall–Kier alpha value is -4.13. The number of carbonyl (C=O) groups excluding carboxylic acids is 2. The maximum Gasteiger partial charge on any atom is 0.519 e. The SMILES string of the molecule is COc1cc(/C=N/NC(=O)c2ccccc2)ccc1OC(=O)Oc1ccccc1. The molecule has 0 aliphatic rings. The van der Waals surface area contributed by atoms with Gasteiger partial charge in [-0.25, -0.2) is 10.2 Å². The maximum atomic E-state index is 12.0. The average Bonchev–Trinajstić information content (AvgIpc) is 2.76. The lowest BCUT2D eigenvalue weighted by Gasteiger charge is -2.10. The number of methoxy groups -OCH3 is 1. The summed E-state index contributed by atoms with van der Waals surface area (Å²) in [5.74, 6) is 0.555. The molecule has 1 amide bonds. The third-order valence-electron chi connectivity index (χ3n) is 3.74. The summed E-state index contributed by atoms with van der Waals surface area (Å²) in [6.07, 6.45) is 0.571. The van der Waals surface area contributed by atoms with Crippen LogP contribution < -0.4 is 19.6 Å². The smallest absolute Gasteiger partial charge is 0.493 e. The van der Waals surface area contributed by atoms with Crippen LogP contribution in [0.1, 0.15) is 15.9 Å². The lowest BCUT2D eigenvalue weighted by molar-refractivity contribution is 0.0955. The van der Waals surface area contributed by atoms with Gasteiger partial charge in [0.15, 0.2) is 11.5 Å². The van der Waals surface area contributed by atoms with Crippen LogP contribution in [0, 0.1) is 0 Å². The van der Waals surface area contributed by atoms with Crippen molar-refractivity contribution in [2.75, 3.05) is 7.11 Å². The van der Waals surface area contributed by atoms with Gasteiger partial charge < -0.3 is 14.2 Å². The van der Waals surface area contributed by atoms with Crippen LogP contribution in [0.2, 0.25) is 0 Å². The van der Waals surface area contributed by atoms with E-state index in [0.717, 1.165) is 0 Å². The minimum Gasteiger partial charge on any atom is -0.493 e. The van der Waals surface area contributed by atoms with Crippen LogP contribution in [0.15, 0.2) is 84.0 Å². The summed E-state index contributed by atoms with van der Waals surface area (Å²) in [6.45, 7) is 0. The fraction of sp³-hybridized carbons (Fsp3) is 0.0455. The van der Waals surface area contributed by atoms with E-state index in [1.165, 1.54) is 13.3 Å². The maximum absolute atomic E-state index is 12.0. The predicted molar refractivity (Wildman–Crippen MR) is 108 cm³/mol. The van der Waals surface area contributed by atoms with Gasteiger partial charge >= 0.3 is 6.16 Å². The average molecular weight is 390 g/mol. The number of hydrazone groups is 1. The van der Waals surface area contributed by atoms with Crippen LogP contribution in [-0.2, 0) is 0 Å². The molecule has 0 spiro atoms. The second-order valence-corrected chi connectivity index (χ2v) is 5.74. The molecular formula is C22H18N2O5. The number of amides is 1. The van der Waals surface area contributed by atoms with Crippen LogP contribution in [0.25, 0.3) is 0 Å². The molecule has 146 valence electrons. The number of nitrogens with zero attached hydrogens (tertiary/aromatic N) is 1. The summed E-state index contributed by atoms with van der Waals surface area (Å²) in [5.41, 5.74) is 3.58. The summed E-state index contributed by atoms with van der Waals surface area (Å²) in [7, 11) is 1.45. The topological polar surface area (TPSA) is 86.2 Å². The number of para-hydroxylation sites is 1. The van der Waals surface area contributed by atoms with Crippen molar-refractivity contribution in [2.24, 2.45) is 5.10 Å². The first kappa shape index (κ1) is 19.6. The van der Waals surface area contributed by atoms with Crippen molar-refractivity contribution in [1.82, 2.24) is 5.43 Å². The Morgan fingerprint density at radius 2 is 1.55 bits per heavy atom. The predicted octanol–water partition coefficient (Wildman–Crippen LogP) is 4.04. The molecule has 0 radical (unpaired) electrons. The molecular weight excluding hydrogens is 372 g/mol. The Balaban J connectivity index is 1.62. The van der Waals surface area contributed by atoms with E-state index in [-0.39, 0.29) is 11.7 Å². The molecule has 0 unspecified atom stereocenters. The number of nitrogens with one attached hydrogen (secondary N) is 1. The van der Waals surface area contributed by atoms with Gasteiger partial charge in [0.1, 0.15) is 5.75 Å². The van der Waals surface area contributed by atoms with E-state index in [1.54, 1.807) is 66.7 Å². The molecule has 3 aromatic carbocycles. The van der Waals surface area contributed by atoms with Crippen molar-refractivity contribution >= 4 is 18.3 Å². The van der Waals surface area contributed by atoms with Crippen molar-refractivity contribution in [3.63, 3.8) is 0 Å². The van der Waals surface area contributed by atoms with Gasteiger partial charge in [-0.15, -0.1) is 0 Å². The van der Waals surface area contributed by atoms with Crippen molar-refractivity contribution in [3.8, 4) is 17.2 Å². The van der Waals surface area contributed by atoms with E-state index in [1.807, 2.05) is 12.1 Å². The molecule has 0 aliphatic carbocycles. The highest BCUT2D eigenvalue weighted by Crippen LogP contribution is 2.28. The second-order valence-electron chi connectivity index (χ2n) is 5.74. The number of hydrogen-bond acceptors (Lipinski definition) is 6. The number of benzene rings is 3. The summed E-state index contributed by atoms with van der Waals surface area (Å²) in [4.78, 5) is 23.9. The Bertz CT molecular complexity index is 1000. The number of ether oxygens (including phenoxy) is 3. The second kappa shape index (κ2) is 9.70. The molecule has 3 rings (SSSR count). The van der Waals surface area contributed by atoms with Gasteiger partial charge in [-0.1, -0.05) is 36.4 Å². The standard InChI is InChI=1S/C22H18N2O5/c1-27-20-14-16(15-23-24-21(25)17-8-4-2-5-9-17)12-13-19(20)29-22(26)28-18-10-6-3-7-11-18/h2-15H,1H3,(H,24,25)/b23-15+. The largest absolute Gasteiger partial charge is 0.519 e. The normalized spacial score (nSPS) is 10.4. The molecule has 0 fully saturated rings. The minimum absolute atomic E-state index is 0.193. The molecule has 0 bridgehead atoms. The van der Waals surface area contributed by atoms with Gasteiger partial charge in [0.05, 0.1) is 13.3 Å².